The summed E-state index contributed by atoms with van der Waals surface area (Å²) in [6.07, 6.45) is 0.121. The van der Waals surface area contributed by atoms with Gasteiger partial charge in [-0.1, -0.05) is 18.2 Å². The number of nitrogens with zero attached hydrogens (tertiary/aromatic N) is 2. The van der Waals surface area contributed by atoms with Crippen molar-refractivity contribution in [1.29, 1.82) is 5.26 Å². The average molecular weight is 335 g/mol. The SMILES string of the molecule is COc1cccc(NC(=O)C2CC(=O)N(c3ccccc3C#N)C2)c1. The summed E-state index contributed by atoms with van der Waals surface area (Å²) < 4.78 is 5.14. The van der Waals surface area contributed by atoms with Gasteiger partial charge in [-0.2, -0.15) is 5.26 Å². The number of hydrogen-bond acceptors (Lipinski definition) is 4. The quantitative estimate of drug-likeness (QED) is 0.931. The molecule has 6 nitrogen and oxygen atoms in total. The van der Waals surface area contributed by atoms with Crippen LogP contribution in [0.4, 0.5) is 11.4 Å². The molecule has 1 aliphatic heterocycles. The first-order chi connectivity index (χ1) is 12.1. The highest BCUT2D eigenvalue weighted by Crippen LogP contribution is 2.28. The minimum atomic E-state index is -0.467. The van der Waals surface area contributed by atoms with Gasteiger partial charge < -0.3 is 15.0 Å². The van der Waals surface area contributed by atoms with Crippen molar-refractivity contribution in [2.24, 2.45) is 5.92 Å². The molecule has 1 N–H and O–H groups in total. The van der Waals surface area contributed by atoms with E-state index in [4.69, 9.17) is 4.74 Å². The molecule has 0 radical (unpaired) electrons. The topological polar surface area (TPSA) is 82.4 Å². The van der Waals surface area contributed by atoms with Gasteiger partial charge in [0, 0.05) is 24.7 Å². The Morgan fingerprint density at radius 3 is 2.84 bits per heavy atom. The normalized spacial score (nSPS) is 16.4. The molecule has 25 heavy (non-hydrogen) atoms. The predicted molar refractivity (Wildman–Crippen MR) is 93.2 cm³/mol. The molecule has 0 aromatic heterocycles. The van der Waals surface area contributed by atoms with Crippen molar-refractivity contribution in [3.05, 3.63) is 54.1 Å². The summed E-state index contributed by atoms with van der Waals surface area (Å²) in [4.78, 5) is 26.3. The summed E-state index contributed by atoms with van der Waals surface area (Å²) in [5, 5.41) is 12.0. The summed E-state index contributed by atoms with van der Waals surface area (Å²) in [5.41, 5.74) is 1.59. The first kappa shape index (κ1) is 16.5. The number of amides is 2. The van der Waals surface area contributed by atoms with Crippen LogP contribution in [0, 0.1) is 17.2 Å². The number of nitrogens with one attached hydrogen (secondary N) is 1. The van der Waals surface area contributed by atoms with E-state index in [1.165, 1.54) is 4.90 Å². The van der Waals surface area contributed by atoms with Gasteiger partial charge in [-0.05, 0) is 24.3 Å². The second-order valence-electron chi connectivity index (χ2n) is 5.76. The molecule has 2 amide bonds. The number of carbonyl (C=O) groups is 2. The Bertz CT molecular complexity index is 857. The summed E-state index contributed by atoms with van der Waals surface area (Å²) in [6, 6.07) is 16.0. The minimum Gasteiger partial charge on any atom is -0.497 e. The van der Waals surface area contributed by atoms with Crippen LogP contribution in [0.5, 0.6) is 5.75 Å². The van der Waals surface area contributed by atoms with Gasteiger partial charge in [0.2, 0.25) is 11.8 Å². The van der Waals surface area contributed by atoms with Crippen molar-refractivity contribution in [2.45, 2.75) is 6.42 Å². The molecular weight excluding hydrogens is 318 g/mol. The third-order valence-corrected chi connectivity index (χ3v) is 4.15. The lowest BCUT2D eigenvalue weighted by atomic mass is 10.1. The Morgan fingerprint density at radius 1 is 1.28 bits per heavy atom. The van der Waals surface area contributed by atoms with E-state index in [-0.39, 0.29) is 24.8 Å². The third-order valence-electron chi connectivity index (χ3n) is 4.15. The van der Waals surface area contributed by atoms with Crippen LogP contribution in [-0.2, 0) is 9.59 Å². The molecule has 1 atom stereocenters. The fourth-order valence-corrected chi connectivity index (χ4v) is 2.86. The maximum Gasteiger partial charge on any atom is 0.229 e. The van der Waals surface area contributed by atoms with Gasteiger partial charge >= 0.3 is 0 Å². The monoisotopic (exact) mass is 335 g/mol. The Kier molecular flexibility index (Phi) is 4.66. The van der Waals surface area contributed by atoms with E-state index in [1.807, 2.05) is 0 Å². The Morgan fingerprint density at radius 2 is 2.08 bits per heavy atom. The number of ether oxygens (including phenoxy) is 1. The molecule has 0 aliphatic carbocycles. The number of hydrogen-bond donors (Lipinski definition) is 1. The van der Waals surface area contributed by atoms with Crippen LogP contribution in [0.25, 0.3) is 0 Å². The lowest BCUT2D eigenvalue weighted by Crippen LogP contribution is -2.28. The van der Waals surface area contributed by atoms with Crippen LogP contribution in [0.1, 0.15) is 12.0 Å². The van der Waals surface area contributed by atoms with Crippen molar-refractivity contribution in [2.75, 3.05) is 23.9 Å². The number of carbonyl (C=O) groups excluding carboxylic acids is 2. The van der Waals surface area contributed by atoms with Crippen LogP contribution in [-0.4, -0.2) is 25.5 Å². The molecule has 0 spiro atoms. The van der Waals surface area contributed by atoms with Gasteiger partial charge in [0.15, 0.2) is 0 Å². The molecule has 0 saturated carbocycles. The van der Waals surface area contributed by atoms with E-state index in [0.717, 1.165) is 0 Å². The van der Waals surface area contributed by atoms with E-state index in [1.54, 1.807) is 55.6 Å². The smallest absolute Gasteiger partial charge is 0.229 e. The number of para-hydroxylation sites is 1. The second-order valence-corrected chi connectivity index (χ2v) is 5.76. The van der Waals surface area contributed by atoms with Crippen molar-refractivity contribution in [1.82, 2.24) is 0 Å². The van der Waals surface area contributed by atoms with Crippen LogP contribution in [0.15, 0.2) is 48.5 Å². The fourth-order valence-electron chi connectivity index (χ4n) is 2.86. The van der Waals surface area contributed by atoms with Gasteiger partial charge in [-0.25, -0.2) is 0 Å². The van der Waals surface area contributed by atoms with Crippen molar-refractivity contribution < 1.29 is 14.3 Å². The zero-order valence-corrected chi connectivity index (χ0v) is 13.7. The number of benzene rings is 2. The average Bonchev–Trinajstić information content (AvgIpc) is 3.03. The molecule has 1 heterocycles. The van der Waals surface area contributed by atoms with Crippen LogP contribution >= 0.6 is 0 Å². The molecule has 3 rings (SSSR count). The van der Waals surface area contributed by atoms with E-state index >= 15 is 0 Å². The fraction of sp³-hybridized carbons (Fsp3) is 0.211. The maximum atomic E-state index is 12.5. The van der Waals surface area contributed by atoms with Gasteiger partial charge in [-0.15, -0.1) is 0 Å². The molecule has 1 aliphatic rings. The van der Waals surface area contributed by atoms with Crippen LogP contribution in [0.2, 0.25) is 0 Å². The molecule has 126 valence electrons. The zero-order valence-electron chi connectivity index (χ0n) is 13.7. The molecule has 1 unspecified atom stereocenters. The highest BCUT2D eigenvalue weighted by molar-refractivity contribution is 6.04. The van der Waals surface area contributed by atoms with E-state index in [2.05, 4.69) is 11.4 Å². The lowest BCUT2D eigenvalue weighted by molar-refractivity contribution is -0.122. The van der Waals surface area contributed by atoms with E-state index < -0.39 is 5.92 Å². The van der Waals surface area contributed by atoms with E-state index in [0.29, 0.717) is 22.7 Å². The van der Waals surface area contributed by atoms with Gasteiger partial charge in [0.1, 0.15) is 11.8 Å². The molecular formula is C19H17N3O3. The summed E-state index contributed by atoms with van der Waals surface area (Å²) in [7, 11) is 1.56. The highest BCUT2D eigenvalue weighted by Gasteiger charge is 2.36. The Balaban J connectivity index is 1.73. The highest BCUT2D eigenvalue weighted by atomic mass is 16.5. The first-order valence-electron chi connectivity index (χ1n) is 7.87. The third kappa shape index (κ3) is 3.45. The molecule has 0 bridgehead atoms. The van der Waals surface area contributed by atoms with Gasteiger partial charge in [-0.3, -0.25) is 9.59 Å². The second kappa shape index (κ2) is 7.05. The van der Waals surface area contributed by atoms with E-state index in [9.17, 15) is 14.9 Å². The van der Waals surface area contributed by atoms with Crippen molar-refractivity contribution >= 4 is 23.2 Å². The summed E-state index contributed by atoms with van der Waals surface area (Å²) in [5.74, 6) is -0.206. The molecule has 1 fully saturated rings. The molecule has 6 heteroatoms. The largest absolute Gasteiger partial charge is 0.497 e. The van der Waals surface area contributed by atoms with Crippen LogP contribution in [0.3, 0.4) is 0 Å². The molecule has 2 aromatic rings. The Labute approximate surface area is 145 Å². The predicted octanol–water partition coefficient (Wildman–Crippen LogP) is 2.56. The number of methoxy groups -OCH3 is 1. The van der Waals surface area contributed by atoms with Crippen LogP contribution < -0.4 is 15.0 Å². The molecule has 2 aromatic carbocycles. The number of rotatable bonds is 4. The van der Waals surface area contributed by atoms with Gasteiger partial charge in [0.25, 0.3) is 0 Å². The lowest BCUT2D eigenvalue weighted by Gasteiger charge is -2.18. The number of anilines is 2. The Hall–Kier alpha value is -3.33. The van der Waals surface area contributed by atoms with Gasteiger partial charge in [0.05, 0.1) is 24.3 Å². The molecule has 1 saturated heterocycles. The summed E-state index contributed by atoms with van der Waals surface area (Å²) in [6.45, 7) is 0.257. The maximum absolute atomic E-state index is 12.5. The number of nitriles is 1. The van der Waals surface area contributed by atoms with Crippen molar-refractivity contribution in [3.63, 3.8) is 0 Å². The van der Waals surface area contributed by atoms with Crippen molar-refractivity contribution in [3.8, 4) is 11.8 Å². The zero-order chi connectivity index (χ0) is 17.8. The minimum absolute atomic E-state index is 0.121. The summed E-state index contributed by atoms with van der Waals surface area (Å²) >= 11 is 0. The first-order valence-corrected chi connectivity index (χ1v) is 7.87. The standard InChI is InChI=1S/C19H17N3O3/c1-25-16-7-4-6-15(10-16)21-19(24)14-9-18(23)22(12-14)17-8-3-2-5-13(17)11-20/h2-8,10,14H,9,12H2,1H3,(H,21,24).